The lowest BCUT2D eigenvalue weighted by Crippen LogP contribution is -2.19. The maximum atomic E-state index is 11.9. The third kappa shape index (κ3) is 2.93. The molecule has 0 bridgehead atoms. The van der Waals surface area contributed by atoms with Crippen molar-refractivity contribution in [2.75, 3.05) is 11.9 Å². The second kappa shape index (κ2) is 5.27. The largest absolute Gasteiger partial charge is 0.378 e. The summed E-state index contributed by atoms with van der Waals surface area (Å²) in [5.41, 5.74) is 2.14. The third-order valence-electron chi connectivity index (χ3n) is 3.23. The van der Waals surface area contributed by atoms with Crippen LogP contribution in [0.3, 0.4) is 0 Å². The predicted molar refractivity (Wildman–Crippen MR) is 76.6 cm³/mol. The van der Waals surface area contributed by atoms with E-state index in [4.69, 9.17) is 4.74 Å². The van der Waals surface area contributed by atoms with Crippen molar-refractivity contribution in [1.82, 2.24) is 4.98 Å². The Bertz CT molecular complexity index is 603. The number of carbonyl (C=O) groups excluding carboxylic acids is 1. The number of aromatic nitrogens is 1. The van der Waals surface area contributed by atoms with E-state index >= 15 is 0 Å². The zero-order chi connectivity index (χ0) is 13.2. The van der Waals surface area contributed by atoms with Crippen molar-refractivity contribution in [3.63, 3.8) is 0 Å². The van der Waals surface area contributed by atoms with Crippen LogP contribution in [0.25, 0.3) is 10.2 Å². The average molecular weight is 276 g/mol. The Kier molecular flexibility index (Phi) is 3.48. The van der Waals surface area contributed by atoms with E-state index in [1.807, 2.05) is 12.1 Å². The minimum Gasteiger partial charge on any atom is -0.378 e. The van der Waals surface area contributed by atoms with E-state index in [1.54, 1.807) is 0 Å². The molecule has 1 N–H and O–H groups in total. The molecule has 1 aromatic carbocycles. The standard InChI is InChI=1S/C14H16N2O2S/c1-9-4-5-11-12(7-9)19-14(15-11)16-13(17)8-10-3-2-6-18-10/h4-5,7,10H,2-3,6,8H2,1H3,(H,15,16,17). The number of ether oxygens (including phenoxy) is 1. The van der Waals surface area contributed by atoms with Gasteiger partial charge in [-0.3, -0.25) is 4.79 Å². The molecule has 2 aromatic rings. The smallest absolute Gasteiger partial charge is 0.228 e. The van der Waals surface area contributed by atoms with Gasteiger partial charge in [0.2, 0.25) is 5.91 Å². The van der Waals surface area contributed by atoms with Gasteiger partial charge in [-0.05, 0) is 37.5 Å². The number of anilines is 1. The molecule has 1 fully saturated rings. The second-order valence-electron chi connectivity index (χ2n) is 4.88. The molecule has 1 aromatic heterocycles. The van der Waals surface area contributed by atoms with Gasteiger partial charge in [0.25, 0.3) is 0 Å². The van der Waals surface area contributed by atoms with Crippen LogP contribution < -0.4 is 5.32 Å². The Morgan fingerprint density at radius 2 is 2.47 bits per heavy atom. The number of hydrogen-bond donors (Lipinski definition) is 1. The Labute approximate surface area is 115 Å². The van der Waals surface area contributed by atoms with Gasteiger partial charge in [-0.1, -0.05) is 17.4 Å². The molecular weight excluding hydrogens is 260 g/mol. The van der Waals surface area contributed by atoms with Gasteiger partial charge in [-0.15, -0.1) is 0 Å². The predicted octanol–water partition coefficient (Wildman–Crippen LogP) is 3.11. The van der Waals surface area contributed by atoms with Crippen molar-refractivity contribution in [3.05, 3.63) is 23.8 Å². The summed E-state index contributed by atoms with van der Waals surface area (Å²) >= 11 is 1.51. The second-order valence-corrected chi connectivity index (χ2v) is 5.91. The lowest BCUT2D eigenvalue weighted by Gasteiger charge is -2.07. The number of fused-ring (bicyclic) bond motifs is 1. The lowest BCUT2D eigenvalue weighted by molar-refractivity contribution is -0.118. The molecule has 2 heterocycles. The number of thiazole rings is 1. The topological polar surface area (TPSA) is 51.2 Å². The van der Waals surface area contributed by atoms with Crippen molar-refractivity contribution in [3.8, 4) is 0 Å². The molecular formula is C14H16N2O2S. The van der Waals surface area contributed by atoms with Crippen molar-refractivity contribution >= 4 is 32.6 Å². The summed E-state index contributed by atoms with van der Waals surface area (Å²) < 4.78 is 6.56. The molecule has 100 valence electrons. The van der Waals surface area contributed by atoms with Crippen LogP contribution >= 0.6 is 11.3 Å². The maximum absolute atomic E-state index is 11.9. The number of nitrogens with zero attached hydrogens (tertiary/aromatic N) is 1. The first-order chi connectivity index (χ1) is 9.20. The lowest BCUT2D eigenvalue weighted by atomic mass is 10.2. The molecule has 19 heavy (non-hydrogen) atoms. The summed E-state index contributed by atoms with van der Waals surface area (Å²) in [4.78, 5) is 16.3. The van der Waals surface area contributed by atoms with Crippen molar-refractivity contribution in [2.24, 2.45) is 0 Å². The first kappa shape index (κ1) is 12.6. The minimum absolute atomic E-state index is 0.0114. The van der Waals surface area contributed by atoms with E-state index < -0.39 is 0 Å². The highest BCUT2D eigenvalue weighted by Crippen LogP contribution is 2.27. The highest BCUT2D eigenvalue weighted by atomic mass is 32.1. The molecule has 1 aliphatic heterocycles. The van der Waals surface area contributed by atoms with E-state index in [-0.39, 0.29) is 12.0 Å². The number of benzene rings is 1. The highest BCUT2D eigenvalue weighted by Gasteiger charge is 2.19. The molecule has 0 spiro atoms. The Hall–Kier alpha value is -1.46. The molecule has 0 saturated carbocycles. The van der Waals surface area contributed by atoms with Gasteiger partial charge in [0.05, 0.1) is 22.7 Å². The molecule has 3 rings (SSSR count). The van der Waals surface area contributed by atoms with Gasteiger partial charge >= 0.3 is 0 Å². The quantitative estimate of drug-likeness (QED) is 0.937. The van der Waals surface area contributed by atoms with Crippen LogP contribution in [0, 0.1) is 6.92 Å². The fraction of sp³-hybridized carbons (Fsp3) is 0.429. The molecule has 1 unspecified atom stereocenters. The maximum Gasteiger partial charge on any atom is 0.228 e. The molecule has 5 heteroatoms. The van der Waals surface area contributed by atoms with Crippen LogP contribution in [-0.4, -0.2) is 23.6 Å². The number of rotatable bonds is 3. The number of aryl methyl sites for hydroxylation is 1. The summed E-state index contributed by atoms with van der Waals surface area (Å²) in [6.45, 7) is 2.83. The van der Waals surface area contributed by atoms with Crippen LogP contribution in [0.15, 0.2) is 18.2 Å². The summed E-state index contributed by atoms with van der Waals surface area (Å²) in [5, 5.41) is 3.54. The highest BCUT2D eigenvalue weighted by molar-refractivity contribution is 7.22. The van der Waals surface area contributed by atoms with Crippen molar-refractivity contribution < 1.29 is 9.53 Å². The van der Waals surface area contributed by atoms with Gasteiger partial charge in [-0.25, -0.2) is 4.98 Å². The molecule has 1 atom stereocenters. The molecule has 0 radical (unpaired) electrons. The van der Waals surface area contributed by atoms with E-state index in [0.717, 1.165) is 29.7 Å². The number of nitrogens with one attached hydrogen (secondary N) is 1. The normalized spacial score (nSPS) is 18.9. The molecule has 0 aliphatic carbocycles. The van der Waals surface area contributed by atoms with Crippen LogP contribution in [0.4, 0.5) is 5.13 Å². The van der Waals surface area contributed by atoms with E-state index in [0.29, 0.717) is 11.6 Å². The van der Waals surface area contributed by atoms with Crippen molar-refractivity contribution in [2.45, 2.75) is 32.3 Å². The summed E-state index contributed by atoms with van der Waals surface area (Å²) in [7, 11) is 0. The van der Waals surface area contributed by atoms with Gasteiger partial charge in [0.1, 0.15) is 0 Å². The summed E-state index contributed by atoms with van der Waals surface area (Å²) in [6.07, 6.45) is 2.54. The van der Waals surface area contributed by atoms with Gasteiger partial charge in [0, 0.05) is 6.61 Å². The summed E-state index contributed by atoms with van der Waals surface area (Å²) in [5.74, 6) is -0.0114. The monoisotopic (exact) mass is 276 g/mol. The van der Waals surface area contributed by atoms with Gasteiger partial charge in [-0.2, -0.15) is 0 Å². The Morgan fingerprint density at radius 1 is 1.58 bits per heavy atom. The van der Waals surface area contributed by atoms with Crippen LogP contribution in [0.1, 0.15) is 24.8 Å². The first-order valence-electron chi connectivity index (χ1n) is 6.49. The fourth-order valence-corrected chi connectivity index (χ4v) is 3.25. The molecule has 1 aliphatic rings. The molecule has 1 saturated heterocycles. The van der Waals surface area contributed by atoms with Gasteiger partial charge < -0.3 is 10.1 Å². The Morgan fingerprint density at radius 3 is 3.26 bits per heavy atom. The number of amides is 1. The van der Waals surface area contributed by atoms with E-state index in [1.165, 1.54) is 16.9 Å². The van der Waals surface area contributed by atoms with Crippen molar-refractivity contribution in [1.29, 1.82) is 0 Å². The third-order valence-corrected chi connectivity index (χ3v) is 4.16. The molecule has 1 amide bonds. The number of carbonyl (C=O) groups is 1. The zero-order valence-electron chi connectivity index (χ0n) is 10.8. The van der Waals surface area contributed by atoms with Gasteiger partial charge in [0.15, 0.2) is 5.13 Å². The van der Waals surface area contributed by atoms with Crippen LogP contribution in [0.2, 0.25) is 0 Å². The molecule has 4 nitrogen and oxygen atoms in total. The first-order valence-corrected chi connectivity index (χ1v) is 7.31. The minimum atomic E-state index is -0.0114. The fourth-order valence-electron chi connectivity index (χ4n) is 2.27. The SMILES string of the molecule is Cc1ccc2nc(NC(=O)CC3CCCO3)sc2c1. The average Bonchev–Trinajstić information content (AvgIpc) is 2.97. The van der Waals surface area contributed by atoms with E-state index in [2.05, 4.69) is 23.3 Å². The summed E-state index contributed by atoms with van der Waals surface area (Å²) in [6, 6.07) is 6.10. The number of hydrogen-bond acceptors (Lipinski definition) is 4. The van der Waals surface area contributed by atoms with Crippen LogP contribution in [0.5, 0.6) is 0 Å². The zero-order valence-corrected chi connectivity index (χ0v) is 11.6. The van der Waals surface area contributed by atoms with E-state index in [9.17, 15) is 4.79 Å². The van der Waals surface area contributed by atoms with Crippen LogP contribution in [-0.2, 0) is 9.53 Å². The Balaban J connectivity index is 1.68.